The molecule has 0 aliphatic carbocycles. The highest BCUT2D eigenvalue weighted by Crippen LogP contribution is 2.53. The van der Waals surface area contributed by atoms with Gasteiger partial charge in [0.25, 0.3) is 0 Å². The maximum Gasteiger partial charge on any atom is 0.313 e. The minimum atomic E-state index is -1.40. The fraction of sp³-hybridized carbons (Fsp3) is 0.576. The first kappa shape index (κ1) is 30.9. The molecular weight excluding hydrogens is 550 g/mol. The molecule has 10 heteroatoms. The predicted octanol–water partition coefficient (Wildman–Crippen LogP) is 2.63. The number of aliphatic hydroxyl groups excluding tert-OH is 1. The number of amides is 3. The first-order valence-electron chi connectivity index (χ1n) is 15.5. The van der Waals surface area contributed by atoms with Gasteiger partial charge in [-0.15, -0.1) is 0 Å². The van der Waals surface area contributed by atoms with E-state index in [9.17, 15) is 24.3 Å². The molecule has 43 heavy (non-hydrogen) atoms. The number of unbranched alkanes of at least 4 members (excludes halogenated alkanes) is 2. The fourth-order valence-electron chi connectivity index (χ4n) is 7.04. The molecule has 0 bridgehead atoms. The number of fused-ring (bicyclic) bond motifs is 2. The second kappa shape index (κ2) is 13.0. The van der Waals surface area contributed by atoms with E-state index >= 15 is 0 Å². The minimum absolute atomic E-state index is 0.0493. The number of allylic oxidation sites excluding steroid dienone is 1. The third kappa shape index (κ3) is 5.62. The summed E-state index contributed by atoms with van der Waals surface area (Å²) in [7, 11) is 1.70. The highest BCUT2D eigenvalue weighted by molar-refractivity contribution is 5.99. The summed E-state index contributed by atoms with van der Waals surface area (Å²) in [4.78, 5) is 60.3. The number of hydrogen-bond acceptors (Lipinski definition) is 7. The molecule has 1 aromatic rings. The third-order valence-electron chi connectivity index (χ3n) is 9.39. The van der Waals surface area contributed by atoms with Gasteiger partial charge in [0.15, 0.2) is 0 Å². The molecule has 0 unspecified atom stereocenters. The van der Waals surface area contributed by atoms with Crippen molar-refractivity contribution in [3.63, 3.8) is 0 Å². The van der Waals surface area contributed by atoms with Crippen LogP contribution in [0.2, 0.25) is 0 Å². The van der Waals surface area contributed by atoms with Crippen molar-refractivity contribution in [1.82, 2.24) is 14.7 Å². The van der Waals surface area contributed by atoms with Crippen LogP contribution >= 0.6 is 0 Å². The van der Waals surface area contributed by atoms with Crippen molar-refractivity contribution in [2.45, 2.75) is 75.8 Å². The summed E-state index contributed by atoms with van der Waals surface area (Å²) in [5.74, 6) is -3.41. The second-order valence-corrected chi connectivity index (χ2v) is 12.0. The Morgan fingerprint density at radius 3 is 2.51 bits per heavy atom. The summed E-state index contributed by atoms with van der Waals surface area (Å²) in [5.41, 5.74) is -0.673. The Morgan fingerprint density at radius 2 is 1.79 bits per heavy atom. The Hall–Kier alpha value is -3.50. The largest absolute Gasteiger partial charge is 0.455 e. The number of carbonyl (C=O) groups is 4. The third-order valence-corrected chi connectivity index (χ3v) is 9.39. The van der Waals surface area contributed by atoms with Crippen molar-refractivity contribution in [1.29, 1.82) is 0 Å². The smallest absolute Gasteiger partial charge is 0.313 e. The number of rotatable bonds is 7. The van der Waals surface area contributed by atoms with E-state index in [0.717, 1.165) is 24.8 Å². The summed E-state index contributed by atoms with van der Waals surface area (Å²) < 4.78 is 12.9. The van der Waals surface area contributed by atoms with Gasteiger partial charge in [0.05, 0.1) is 24.7 Å². The first-order valence-corrected chi connectivity index (χ1v) is 15.5. The molecule has 4 heterocycles. The normalized spacial score (nSPS) is 33.7. The summed E-state index contributed by atoms with van der Waals surface area (Å²) in [6.07, 6.45) is 9.06. The number of esters is 1. The van der Waals surface area contributed by atoms with Crippen LogP contribution in [0.3, 0.4) is 0 Å². The van der Waals surface area contributed by atoms with E-state index in [0.29, 0.717) is 19.5 Å². The molecule has 2 saturated heterocycles. The maximum atomic E-state index is 14.3. The van der Waals surface area contributed by atoms with Crippen molar-refractivity contribution < 1.29 is 33.8 Å². The van der Waals surface area contributed by atoms with Crippen LogP contribution in [0.25, 0.3) is 0 Å². The highest BCUT2D eigenvalue weighted by atomic mass is 16.6. The number of ether oxygens (including phenoxy) is 2. The number of nitrogens with zero attached hydrogens (tertiary/aromatic N) is 3. The average Bonchev–Trinajstić information content (AvgIpc) is 3.39. The van der Waals surface area contributed by atoms with Gasteiger partial charge in [-0.1, -0.05) is 74.4 Å². The Labute approximate surface area is 253 Å². The average molecular weight is 594 g/mol. The molecule has 0 aromatic heterocycles. The van der Waals surface area contributed by atoms with Crippen LogP contribution in [0.4, 0.5) is 0 Å². The zero-order valence-electron chi connectivity index (χ0n) is 25.3. The monoisotopic (exact) mass is 593 g/mol. The van der Waals surface area contributed by atoms with Gasteiger partial charge in [0.1, 0.15) is 23.7 Å². The van der Waals surface area contributed by atoms with E-state index in [1.165, 1.54) is 4.90 Å². The molecule has 1 N–H and O–H groups in total. The van der Waals surface area contributed by atoms with E-state index in [1.54, 1.807) is 35.1 Å². The van der Waals surface area contributed by atoms with Crippen LogP contribution < -0.4 is 0 Å². The Morgan fingerprint density at radius 1 is 1.02 bits per heavy atom. The Kier molecular flexibility index (Phi) is 9.36. The van der Waals surface area contributed by atoms with E-state index in [2.05, 4.69) is 6.92 Å². The second-order valence-electron chi connectivity index (χ2n) is 12.0. The zero-order valence-corrected chi connectivity index (χ0v) is 25.3. The molecule has 2 fully saturated rings. The molecule has 10 nitrogen and oxygen atoms in total. The topological polar surface area (TPSA) is 117 Å². The Bertz CT molecular complexity index is 1270. The zero-order chi connectivity index (χ0) is 30.7. The van der Waals surface area contributed by atoms with Crippen molar-refractivity contribution in [3.8, 4) is 0 Å². The van der Waals surface area contributed by atoms with Crippen LogP contribution in [0.15, 0.2) is 54.6 Å². The van der Waals surface area contributed by atoms with E-state index in [4.69, 9.17) is 9.47 Å². The molecule has 3 amide bonds. The van der Waals surface area contributed by atoms with Gasteiger partial charge in [-0.05, 0) is 25.3 Å². The van der Waals surface area contributed by atoms with Gasteiger partial charge in [-0.3, -0.25) is 19.2 Å². The van der Waals surface area contributed by atoms with Crippen LogP contribution in [-0.2, 0) is 28.7 Å². The van der Waals surface area contributed by atoms with Crippen molar-refractivity contribution in [2.75, 3.05) is 33.3 Å². The lowest BCUT2D eigenvalue weighted by atomic mass is 9.77. The number of likely N-dealkylation sites (N-methyl/N-ethyl adjacent to an activating group) is 1. The molecule has 1 aromatic carbocycles. The van der Waals surface area contributed by atoms with Crippen LogP contribution in [0.1, 0.15) is 57.6 Å². The van der Waals surface area contributed by atoms with Crippen LogP contribution in [-0.4, -0.2) is 101 Å². The van der Waals surface area contributed by atoms with Gasteiger partial charge in [0.2, 0.25) is 17.7 Å². The highest BCUT2D eigenvalue weighted by Gasteiger charge is 2.71. The number of hydrogen-bond donors (Lipinski definition) is 1. The molecular formula is C33H43N3O7. The number of benzene rings is 1. The molecule has 0 radical (unpaired) electrons. The predicted molar refractivity (Wildman–Crippen MR) is 158 cm³/mol. The number of β-amino-alcohol motifs (C(OH)–C–C–N with tert-alkyl or cyclic N) is 1. The van der Waals surface area contributed by atoms with Crippen LogP contribution in [0, 0.1) is 11.8 Å². The summed E-state index contributed by atoms with van der Waals surface area (Å²) in [5, 5.41) is 9.91. The fourth-order valence-corrected chi connectivity index (χ4v) is 7.04. The maximum absolute atomic E-state index is 14.3. The lowest BCUT2D eigenvalue weighted by Crippen LogP contribution is -2.55. The standard InChI is InChI=1S/C33H43N3O7/c1-4-5-11-18-35-19-12-17-33-27(30(39)36(20-21-37)29(33)31(35)40)26-24(43-33)15-9-10-16-25(38)34(3)22(2)28(42-32(26)41)23-13-7-6-8-14-23/h6-9,12-15,17,22,24,26-29,37H,4-5,10-11,16,18-21H2,1-3H3/b15-9-/t22-,24-,26+,27+,28+,29-,33+/m0/s1. The molecule has 4 aliphatic rings. The van der Waals surface area contributed by atoms with Gasteiger partial charge in [-0.25, -0.2) is 0 Å². The number of carbonyl (C=O) groups excluding carboxylic acids is 4. The first-order chi connectivity index (χ1) is 20.7. The summed E-state index contributed by atoms with van der Waals surface area (Å²) in [6, 6.07) is 7.76. The minimum Gasteiger partial charge on any atom is -0.455 e. The molecule has 0 saturated carbocycles. The van der Waals surface area contributed by atoms with E-state index in [1.807, 2.05) is 43.3 Å². The lowest BCUT2D eigenvalue weighted by Gasteiger charge is -2.35. The van der Waals surface area contributed by atoms with Gasteiger partial charge in [-0.2, -0.15) is 0 Å². The summed E-state index contributed by atoms with van der Waals surface area (Å²) in [6.45, 7) is 4.47. The van der Waals surface area contributed by atoms with Gasteiger partial charge in [0, 0.05) is 33.1 Å². The Balaban J connectivity index is 1.57. The molecule has 4 aliphatic heterocycles. The number of cyclic esters (lactones) is 1. The van der Waals surface area contributed by atoms with Gasteiger partial charge >= 0.3 is 5.97 Å². The van der Waals surface area contributed by atoms with Crippen LogP contribution in [0.5, 0.6) is 0 Å². The van der Waals surface area contributed by atoms with Gasteiger partial charge < -0.3 is 29.3 Å². The number of likely N-dealkylation sites (tertiary alicyclic amines) is 1. The molecule has 232 valence electrons. The SMILES string of the molecule is CCCCCN1CC=C[C@@]23O[C@H]4/C=C\CCC(=O)N(C)[C@@H](C)[C@H](c5ccccc5)OC(=O)[C@H]4[C@@H]2C(=O)N(CCO)[C@H]3C1=O. The number of aliphatic hydroxyl groups is 1. The molecule has 7 atom stereocenters. The molecule has 5 rings (SSSR count). The summed E-state index contributed by atoms with van der Waals surface area (Å²) >= 11 is 0. The van der Waals surface area contributed by atoms with Crippen molar-refractivity contribution >= 4 is 23.7 Å². The van der Waals surface area contributed by atoms with Crippen molar-refractivity contribution in [2.24, 2.45) is 11.8 Å². The lowest BCUT2D eigenvalue weighted by molar-refractivity contribution is -0.164. The van der Waals surface area contributed by atoms with Crippen molar-refractivity contribution in [3.05, 3.63) is 60.2 Å². The van der Waals surface area contributed by atoms with E-state index < -0.39 is 53.6 Å². The quantitative estimate of drug-likeness (QED) is 0.294. The van der Waals surface area contributed by atoms with E-state index in [-0.39, 0.29) is 31.4 Å². The molecule has 1 spiro atoms.